The molecule has 0 saturated carbocycles. The summed E-state index contributed by atoms with van der Waals surface area (Å²) in [6.07, 6.45) is 11.9. The van der Waals surface area contributed by atoms with Crippen LogP contribution in [0.4, 0.5) is 5.95 Å². The highest BCUT2D eigenvalue weighted by Crippen LogP contribution is 2.19. The van der Waals surface area contributed by atoms with Crippen molar-refractivity contribution in [3.05, 3.63) is 29.1 Å². The second-order valence-electron chi connectivity index (χ2n) is 4.01. The van der Waals surface area contributed by atoms with E-state index in [4.69, 9.17) is 11.6 Å². The summed E-state index contributed by atoms with van der Waals surface area (Å²) in [7, 11) is 0. The fraction of sp³-hybridized carbons (Fsp3) is 0.500. The predicted octanol–water partition coefficient (Wildman–Crippen LogP) is 3.43. The highest BCUT2D eigenvalue weighted by Gasteiger charge is 2.03. The second-order valence-corrected chi connectivity index (χ2v) is 4.45. The highest BCUT2D eigenvalue weighted by atomic mass is 35.5. The number of nitrogens with zero attached hydrogens (tertiary/aromatic N) is 2. The molecule has 1 aromatic rings. The fourth-order valence-corrected chi connectivity index (χ4v) is 1.97. The third-order valence-corrected chi connectivity index (χ3v) is 2.93. The van der Waals surface area contributed by atoms with Crippen LogP contribution in [-0.4, -0.2) is 16.5 Å². The maximum Gasteiger partial charge on any atom is 0.222 e. The van der Waals surface area contributed by atoms with Crippen LogP contribution in [-0.2, 0) is 0 Å². The average molecular weight is 238 g/mol. The van der Waals surface area contributed by atoms with Gasteiger partial charge in [-0.05, 0) is 32.1 Å². The number of aromatic nitrogens is 2. The lowest BCUT2D eigenvalue weighted by molar-refractivity contribution is 0.679. The second kappa shape index (κ2) is 5.85. The van der Waals surface area contributed by atoms with Crippen molar-refractivity contribution in [2.45, 2.75) is 32.1 Å². The fourth-order valence-electron chi connectivity index (χ4n) is 1.87. The molecule has 0 fully saturated rings. The van der Waals surface area contributed by atoms with E-state index in [9.17, 15) is 0 Å². The molecule has 86 valence electrons. The minimum atomic E-state index is 0.570. The van der Waals surface area contributed by atoms with Crippen molar-refractivity contribution in [3.8, 4) is 0 Å². The first-order valence-electron chi connectivity index (χ1n) is 5.74. The highest BCUT2D eigenvalue weighted by molar-refractivity contribution is 6.30. The Morgan fingerprint density at radius 1 is 1.25 bits per heavy atom. The molecule has 0 spiro atoms. The zero-order chi connectivity index (χ0) is 11.2. The number of allylic oxidation sites excluding steroid dienone is 1. The molecule has 0 aliphatic heterocycles. The van der Waals surface area contributed by atoms with Crippen molar-refractivity contribution >= 4 is 17.5 Å². The van der Waals surface area contributed by atoms with E-state index in [2.05, 4.69) is 21.4 Å². The molecule has 0 atom stereocenters. The van der Waals surface area contributed by atoms with E-state index in [-0.39, 0.29) is 0 Å². The lowest BCUT2D eigenvalue weighted by atomic mass is 9.97. The Bertz CT molecular complexity index is 359. The summed E-state index contributed by atoms with van der Waals surface area (Å²) in [5, 5.41) is 3.77. The van der Waals surface area contributed by atoms with E-state index < -0.39 is 0 Å². The van der Waals surface area contributed by atoms with Gasteiger partial charge in [0.2, 0.25) is 5.95 Å². The van der Waals surface area contributed by atoms with Crippen LogP contribution in [0.3, 0.4) is 0 Å². The standard InChI is InChI=1S/C12H16ClN3/c13-11-8-15-12(16-9-11)14-7-6-10-4-2-1-3-5-10/h4,8-9H,1-3,5-7H2,(H,14,15,16). The Labute approximate surface area is 101 Å². The van der Waals surface area contributed by atoms with Gasteiger partial charge < -0.3 is 5.32 Å². The van der Waals surface area contributed by atoms with Crippen LogP contribution in [0.15, 0.2) is 24.0 Å². The van der Waals surface area contributed by atoms with Crippen molar-refractivity contribution in [1.82, 2.24) is 9.97 Å². The van der Waals surface area contributed by atoms with Crippen molar-refractivity contribution < 1.29 is 0 Å². The molecule has 16 heavy (non-hydrogen) atoms. The first-order valence-corrected chi connectivity index (χ1v) is 6.12. The molecule has 0 amide bonds. The Kier molecular flexibility index (Phi) is 4.17. The van der Waals surface area contributed by atoms with Gasteiger partial charge in [0.15, 0.2) is 0 Å². The molecule has 2 rings (SSSR count). The molecular weight excluding hydrogens is 222 g/mol. The molecule has 1 aromatic heterocycles. The first-order chi connectivity index (χ1) is 7.84. The van der Waals surface area contributed by atoms with Crippen LogP contribution in [0.2, 0.25) is 5.02 Å². The zero-order valence-electron chi connectivity index (χ0n) is 9.25. The monoisotopic (exact) mass is 237 g/mol. The topological polar surface area (TPSA) is 37.8 Å². The molecule has 1 heterocycles. The van der Waals surface area contributed by atoms with E-state index in [1.807, 2.05) is 0 Å². The molecular formula is C12H16ClN3. The summed E-state index contributed by atoms with van der Waals surface area (Å²) in [6.45, 7) is 0.896. The molecule has 0 bridgehead atoms. The molecule has 1 aliphatic carbocycles. The number of anilines is 1. The van der Waals surface area contributed by atoms with Gasteiger partial charge in [0.1, 0.15) is 0 Å². The average Bonchev–Trinajstić information content (AvgIpc) is 2.33. The smallest absolute Gasteiger partial charge is 0.222 e. The van der Waals surface area contributed by atoms with E-state index in [0.717, 1.165) is 13.0 Å². The van der Waals surface area contributed by atoms with E-state index in [0.29, 0.717) is 11.0 Å². The van der Waals surface area contributed by atoms with Crippen LogP contribution in [0.5, 0.6) is 0 Å². The third kappa shape index (κ3) is 3.49. The summed E-state index contributed by atoms with van der Waals surface area (Å²) in [4.78, 5) is 8.17. The number of hydrogen-bond acceptors (Lipinski definition) is 3. The number of hydrogen-bond donors (Lipinski definition) is 1. The number of halogens is 1. The van der Waals surface area contributed by atoms with Gasteiger partial charge >= 0.3 is 0 Å². The summed E-state index contributed by atoms with van der Waals surface area (Å²) < 4.78 is 0. The molecule has 0 unspecified atom stereocenters. The lowest BCUT2D eigenvalue weighted by Crippen LogP contribution is -2.06. The molecule has 3 nitrogen and oxygen atoms in total. The Morgan fingerprint density at radius 3 is 2.75 bits per heavy atom. The normalized spacial score (nSPS) is 15.7. The molecule has 0 radical (unpaired) electrons. The van der Waals surface area contributed by atoms with Crippen molar-refractivity contribution in [2.24, 2.45) is 0 Å². The van der Waals surface area contributed by atoms with E-state index in [1.54, 1.807) is 18.0 Å². The van der Waals surface area contributed by atoms with Gasteiger partial charge in [-0.1, -0.05) is 23.3 Å². The quantitative estimate of drug-likeness (QED) is 0.816. The van der Waals surface area contributed by atoms with Gasteiger partial charge in [-0.25, -0.2) is 9.97 Å². The lowest BCUT2D eigenvalue weighted by Gasteiger charge is -2.12. The Hall–Kier alpha value is -1.09. The van der Waals surface area contributed by atoms with Gasteiger partial charge in [0, 0.05) is 6.54 Å². The maximum atomic E-state index is 5.71. The van der Waals surface area contributed by atoms with E-state index in [1.165, 1.54) is 25.7 Å². The van der Waals surface area contributed by atoms with Gasteiger partial charge in [-0.3, -0.25) is 0 Å². The molecule has 0 saturated heterocycles. The summed E-state index contributed by atoms with van der Waals surface area (Å²) in [6, 6.07) is 0. The van der Waals surface area contributed by atoms with E-state index >= 15 is 0 Å². The maximum absolute atomic E-state index is 5.71. The van der Waals surface area contributed by atoms with Crippen LogP contribution >= 0.6 is 11.6 Å². The van der Waals surface area contributed by atoms with Crippen molar-refractivity contribution in [3.63, 3.8) is 0 Å². The third-order valence-electron chi connectivity index (χ3n) is 2.73. The van der Waals surface area contributed by atoms with Gasteiger partial charge in [-0.2, -0.15) is 0 Å². The Balaban J connectivity index is 1.75. The zero-order valence-corrected chi connectivity index (χ0v) is 10.0. The van der Waals surface area contributed by atoms with Gasteiger partial charge in [-0.15, -0.1) is 0 Å². The number of rotatable bonds is 4. The summed E-state index contributed by atoms with van der Waals surface area (Å²) in [5.41, 5.74) is 1.56. The van der Waals surface area contributed by atoms with Crippen molar-refractivity contribution in [2.75, 3.05) is 11.9 Å². The first kappa shape index (κ1) is 11.4. The molecule has 4 heteroatoms. The Morgan fingerprint density at radius 2 is 2.06 bits per heavy atom. The van der Waals surface area contributed by atoms with Crippen LogP contribution in [0.1, 0.15) is 32.1 Å². The number of nitrogens with one attached hydrogen (secondary N) is 1. The molecule has 1 aliphatic rings. The SMILES string of the molecule is Clc1cnc(NCCC2=CCCCC2)nc1. The van der Waals surface area contributed by atoms with Crippen molar-refractivity contribution in [1.29, 1.82) is 0 Å². The molecule has 1 N–H and O–H groups in total. The van der Waals surface area contributed by atoms with Gasteiger partial charge in [0.05, 0.1) is 17.4 Å². The minimum Gasteiger partial charge on any atom is -0.354 e. The predicted molar refractivity (Wildman–Crippen MR) is 66.7 cm³/mol. The minimum absolute atomic E-state index is 0.570. The van der Waals surface area contributed by atoms with Crippen LogP contribution in [0.25, 0.3) is 0 Å². The van der Waals surface area contributed by atoms with Crippen LogP contribution < -0.4 is 5.32 Å². The summed E-state index contributed by atoms with van der Waals surface area (Å²) >= 11 is 5.71. The largest absolute Gasteiger partial charge is 0.354 e. The summed E-state index contributed by atoms with van der Waals surface area (Å²) in [5.74, 6) is 0.654. The van der Waals surface area contributed by atoms with Gasteiger partial charge in [0.25, 0.3) is 0 Å². The molecule has 0 aromatic carbocycles. The van der Waals surface area contributed by atoms with Crippen LogP contribution in [0, 0.1) is 0 Å².